The van der Waals surface area contributed by atoms with Gasteiger partial charge < -0.3 is 4.74 Å². The lowest BCUT2D eigenvalue weighted by molar-refractivity contribution is -0.146. The summed E-state index contributed by atoms with van der Waals surface area (Å²) < 4.78 is 8.20. The second-order valence-corrected chi connectivity index (χ2v) is 8.34. The van der Waals surface area contributed by atoms with Crippen LogP contribution in [0.5, 0.6) is 0 Å². The van der Waals surface area contributed by atoms with E-state index in [-0.39, 0.29) is 11.1 Å². The van der Waals surface area contributed by atoms with Gasteiger partial charge in [-0.1, -0.05) is 19.3 Å². The van der Waals surface area contributed by atoms with Gasteiger partial charge >= 0.3 is 0 Å². The van der Waals surface area contributed by atoms with Crippen LogP contribution >= 0.6 is 0 Å². The molecule has 4 nitrogen and oxygen atoms in total. The quantitative estimate of drug-likeness (QED) is 0.851. The van der Waals surface area contributed by atoms with Gasteiger partial charge in [0.25, 0.3) is 0 Å². The molecule has 1 saturated heterocycles. The van der Waals surface area contributed by atoms with Gasteiger partial charge in [-0.25, -0.2) is 0 Å². The third kappa shape index (κ3) is 3.54. The molecule has 0 radical (unpaired) electrons. The molecule has 1 aromatic heterocycles. The molecule has 1 saturated carbocycles. The van der Waals surface area contributed by atoms with Crippen LogP contribution in [0.15, 0.2) is 12.4 Å². The van der Waals surface area contributed by atoms with Crippen molar-refractivity contribution < 1.29 is 4.74 Å². The SMILES string of the molecule is CC1(C)CN(Cc2cnn(C3CCCCC3)c2)C(C)(C)CO1. The fraction of sp³-hybridized carbons (Fsp3) is 0.833. The molecular formula is C18H31N3O. The molecule has 0 aromatic carbocycles. The summed E-state index contributed by atoms with van der Waals surface area (Å²) in [4.78, 5) is 2.54. The minimum atomic E-state index is -0.0606. The first-order chi connectivity index (χ1) is 10.4. The van der Waals surface area contributed by atoms with Gasteiger partial charge in [0, 0.05) is 30.4 Å². The van der Waals surface area contributed by atoms with Crippen molar-refractivity contribution in [3.05, 3.63) is 18.0 Å². The Balaban J connectivity index is 1.68. The van der Waals surface area contributed by atoms with E-state index in [1.807, 2.05) is 0 Å². The third-order valence-corrected chi connectivity index (χ3v) is 5.22. The van der Waals surface area contributed by atoms with Crippen LogP contribution < -0.4 is 0 Å². The summed E-state index contributed by atoms with van der Waals surface area (Å²) in [5, 5.41) is 4.65. The van der Waals surface area contributed by atoms with Crippen LogP contribution in [0.2, 0.25) is 0 Å². The zero-order valence-electron chi connectivity index (χ0n) is 14.6. The molecule has 22 heavy (non-hydrogen) atoms. The molecule has 0 amide bonds. The Hall–Kier alpha value is -0.870. The molecular weight excluding hydrogens is 274 g/mol. The molecule has 1 aliphatic heterocycles. The zero-order valence-corrected chi connectivity index (χ0v) is 14.6. The summed E-state index contributed by atoms with van der Waals surface area (Å²) in [6, 6.07) is 0.622. The highest BCUT2D eigenvalue weighted by Crippen LogP contribution is 2.30. The smallest absolute Gasteiger partial charge is 0.0754 e. The Bertz CT molecular complexity index is 500. The van der Waals surface area contributed by atoms with E-state index in [1.54, 1.807) is 0 Å². The Morgan fingerprint density at radius 2 is 1.91 bits per heavy atom. The van der Waals surface area contributed by atoms with E-state index < -0.39 is 0 Å². The highest BCUT2D eigenvalue weighted by molar-refractivity contribution is 5.07. The Labute approximate surface area is 134 Å². The van der Waals surface area contributed by atoms with Crippen molar-refractivity contribution in [3.63, 3.8) is 0 Å². The van der Waals surface area contributed by atoms with E-state index in [0.29, 0.717) is 6.04 Å². The summed E-state index contributed by atoms with van der Waals surface area (Å²) in [5.41, 5.74) is 1.36. The number of ether oxygens (including phenoxy) is 1. The van der Waals surface area contributed by atoms with E-state index in [4.69, 9.17) is 4.74 Å². The number of rotatable bonds is 3. The van der Waals surface area contributed by atoms with E-state index >= 15 is 0 Å². The standard InChI is InChI=1S/C18H31N3O/c1-17(2)14-22-18(3,4)13-20(17)11-15-10-19-21(12-15)16-8-6-5-7-9-16/h10,12,16H,5-9,11,13-14H2,1-4H3. The Kier molecular flexibility index (Phi) is 4.34. The van der Waals surface area contributed by atoms with Gasteiger partial charge in [0.1, 0.15) is 0 Å². The Morgan fingerprint density at radius 3 is 2.64 bits per heavy atom. The van der Waals surface area contributed by atoms with Gasteiger partial charge in [-0.15, -0.1) is 0 Å². The maximum absolute atomic E-state index is 5.99. The van der Waals surface area contributed by atoms with Crippen LogP contribution in [0.3, 0.4) is 0 Å². The lowest BCUT2D eigenvalue weighted by Crippen LogP contribution is -2.58. The molecule has 3 rings (SSSR count). The van der Waals surface area contributed by atoms with Gasteiger partial charge in [0.2, 0.25) is 0 Å². The molecule has 0 bridgehead atoms. The number of morpholine rings is 1. The van der Waals surface area contributed by atoms with Gasteiger partial charge in [-0.2, -0.15) is 5.10 Å². The molecule has 0 N–H and O–H groups in total. The van der Waals surface area contributed by atoms with Crippen molar-refractivity contribution in [1.82, 2.24) is 14.7 Å². The van der Waals surface area contributed by atoms with Crippen molar-refractivity contribution in [2.75, 3.05) is 13.2 Å². The monoisotopic (exact) mass is 305 g/mol. The minimum Gasteiger partial charge on any atom is -0.372 e. The van der Waals surface area contributed by atoms with Crippen LogP contribution in [0.1, 0.15) is 71.4 Å². The van der Waals surface area contributed by atoms with Gasteiger partial charge in [-0.3, -0.25) is 9.58 Å². The van der Waals surface area contributed by atoms with E-state index in [0.717, 1.165) is 19.7 Å². The molecule has 124 valence electrons. The summed E-state index contributed by atoms with van der Waals surface area (Å²) in [5.74, 6) is 0. The molecule has 1 aromatic rings. The average Bonchev–Trinajstić information content (AvgIpc) is 2.93. The van der Waals surface area contributed by atoms with Crippen molar-refractivity contribution in [1.29, 1.82) is 0 Å². The third-order valence-electron chi connectivity index (χ3n) is 5.22. The second-order valence-electron chi connectivity index (χ2n) is 8.34. The summed E-state index contributed by atoms with van der Waals surface area (Å²) in [7, 11) is 0. The zero-order chi connectivity index (χ0) is 15.8. The maximum Gasteiger partial charge on any atom is 0.0754 e. The molecule has 1 aliphatic carbocycles. The van der Waals surface area contributed by atoms with E-state index in [9.17, 15) is 0 Å². The lowest BCUT2D eigenvalue weighted by atomic mass is 9.95. The number of hydrogen-bond donors (Lipinski definition) is 0. The maximum atomic E-state index is 5.99. The highest BCUT2D eigenvalue weighted by Gasteiger charge is 2.38. The van der Waals surface area contributed by atoms with Gasteiger partial charge in [-0.05, 0) is 40.5 Å². The first-order valence-electron chi connectivity index (χ1n) is 8.78. The number of nitrogens with zero attached hydrogens (tertiary/aromatic N) is 3. The molecule has 0 unspecified atom stereocenters. The summed E-state index contributed by atoms with van der Waals surface area (Å²) >= 11 is 0. The predicted octanol–water partition coefficient (Wildman–Crippen LogP) is 3.78. The minimum absolute atomic E-state index is 0.0606. The van der Waals surface area contributed by atoms with Crippen molar-refractivity contribution >= 4 is 0 Å². The van der Waals surface area contributed by atoms with E-state index in [1.165, 1.54) is 37.7 Å². The molecule has 2 fully saturated rings. The first-order valence-corrected chi connectivity index (χ1v) is 8.78. The lowest BCUT2D eigenvalue weighted by Gasteiger charge is -2.48. The van der Waals surface area contributed by atoms with Crippen LogP contribution in [-0.4, -0.2) is 39.0 Å². The van der Waals surface area contributed by atoms with Crippen LogP contribution in [0.4, 0.5) is 0 Å². The topological polar surface area (TPSA) is 30.3 Å². The van der Waals surface area contributed by atoms with E-state index in [2.05, 4.69) is 54.8 Å². The highest BCUT2D eigenvalue weighted by atomic mass is 16.5. The first kappa shape index (κ1) is 16.0. The summed E-state index contributed by atoms with van der Waals surface area (Å²) in [6.07, 6.45) is 11.0. The van der Waals surface area contributed by atoms with Crippen molar-refractivity contribution in [2.45, 2.75) is 83.5 Å². The molecule has 2 aliphatic rings. The number of aromatic nitrogens is 2. The molecule has 4 heteroatoms. The van der Waals surface area contributed by atoms with Crippen LogP contribution in [0, 0.1) is 0 Å². The fourth-order valence-corrected chi connectivity index (χ4v) is 3.68. The fourth-order valence-electron chi connectivity index (χ4n) is 3.68. The van der Waals surface area contributed by atoms with Crippen molar-refractivity contribution in [3.8, 4) is 0 Å². The average molecular weight is 305 g/mol. The molecule has 0 atom stereocenters. The normalized spacial score (nSPS) is 26.2. The largest absolute Gasteiger partial charge is 0.372 e. The second kappa shape index (κ2) is 5.97. The van der Waals surface area contributed by atoms with Crippen molar-refractivity contribution in [2.24, 2.45) is 0 Å². The Morgan fingerprint density at radius 1 is 1.18 bits per heavy atom. The predicted molar refractivity (Wildman–Crippen MR) is 88.9 cm³/mol. The van der Waals surface area contributed by atoms with Crippen LogP contribution in [0.25, 0.3) is 0 Å². The number of hydrogen-bond acceptors (Lipinski definition) is 3. The van der Waals surface area contributed by atoms with Gasteiger partial charge in [0.05, 0.1) is 24.4 Å². The molecule has 2 heterocycles. The van der Waals surface area contributed by atoms with Crippen LogP contribution in [-0.2, 0) is 11.3 Å². The molecule has 0 spiro atoms. The van der Waals surface area contributed by atoms with Gasteiger partial charge in [0.15, 0.2) is 0 Å². The summed E-state index contributed by atoms with van der Waals surface area (Å²) in [6.45, 7) is 11.6.